The molecular weight excluding hydrogens is 516 g/mol. The molecule has 3 atom stereocenters. The van der Waals surface area contributed by atoms with E-state index in [4.69, 9.17) is 6.57 Å². The summed E-state index contributed by atoms with van der Waals surface area (Å²) < 4.78 is 58.3. The van der Waals surface area contributed by atoms with Gasteiger partial charge in [0.25, 0.3) is 5.82 Å². The van der Waals surface area contributed by atoms with Gasteiger partial charge in [-0.05, 0) is 37.5 Å². The van der Waals surface area contributed by atoms with Crippen molar-refractivity contribution < 1.29 is 22.3 Å². The number of hydrogen-bond acceptors (Lipinski definition) is 6. The first kappa shape index (κ1) is 28.3. The Morgan fingerprint density at radius 3 is 2.41 bits per heavy atom. The van der Waals surface area contributed by atoms with Gasteiger partial charge in [0.15, 0.2) is 5.82 Å². The third-order valence-electron chi connectivity index (χ3n) is 7.34. The van der Waals surface area contributed by atoms with Crippen LogP contribution in [0.1, 0.15) is 51.6 Å². The average Bonchev–Trinajstić information content (AvgIpc) is 2.90. The summed E-state index contributed by atoms with van der Waals surface area (Å²) >= 11 is 0. The lowest BCUT2D eigenvalue weighted by molar-refractivity contribution is -0.274. The van der Waals surface area contributed by atoms with Crippen LogP contribution in [0.25, 0.3) is 15.9 Å². The van der Waals surface area contributed by atoms with Gasteiger partial charge in [0.05, 0.1) is 5.52 Å². The van der Waals surface area contributed by atoms with Crippen molar-refractivity contribution in [3.8, 4) is 5.75 Å². The zero-order valence-corrected chi connectivity index (χ0v) is 22.2. The van der Waals surface area contributed by atoms with Crippen LogP contribution in [0.15, 0.2) is 35.1 Å². The Labute approximate surface area is 223 Å². The quantitative estimate of drug-likeness (QED) is 0.278. The van der Waals surface area contributed by atoms with Gasteiger partial charge >= 0.3 is 12.1 Å². The molecule has 1 aliphatic rings. The van der Waals surface area contributed by atoms with Gasteiger partial charge in [-0.3, -0.25) is 9.47 Å². The molecule has 0 aliphatic carbocycles. The molecule has 1 aromatic carbocycles. The third kappa shape index (κ3) is 5.68. The van der Waals surface area contributed by atoms with Crippen LogP contribution in [0.4, 0.5) is 29.2 Å². The number of ether oxygens (including phenoxy) is 1. The Balaban J connectivity index is 1.72. The molecule has 2 aromatic heterocycles. The smallest absolute Gasteiger partial charge is 0.406 e. The lowest BCUT2D eigenvalue weighted by atomic mass is 9.94. The van der Waals surface area contributed by atoms with Crippen LogP contribution in [-0.4, -0.2) is 51.0 Å². The van der Waals surface area contributed by atoms with Gasteiger partial charge in [0.2, 0.25) is 5.52 Å². The van der Waals surface area contributed by atoms with Gasteiger partial charge in [0.1, 0.15) is 11.6 Å². The van der Waals surface area contributed by atoms with Crippen LogP contribution < -0.4 is 15.3 Å². The summed E-state index contributed by atoms with van der Waals surface area (Å²) in [7, 11) is 1.61. The maximum atomic E-state index is 15.1. The number of halogens is 4. The number of anilines is 1. The molecule has 39 heavy (non-hydrogen) atoms. The zero-order valence-electron chi connectivity index (χ0n) is 22.2. The Kier molecular flexibility index (Phi) is 8.11. The van der Waals surface area contributed by atoms with Crippen molar-refractivity contribution in [3.05, 3.63) is 63.6 Å². The molecule has 3 heterocycles. The summed E-state index contributed by atoms with van der Waals surface area (Å²) in [4.78, 5) is 29.3. The number of hydrogen-bond donors (Lipinski definition) is 0. The molecule has 1 unspecified atom stereocenters. The molecule has 3 aromatic rings. The van der Waals surface area contributed by atoms with Crippen molar-refractivity contribution in [3.63, 3.8) is 0 Å². The van der Waals surface area contributed by atoms with Crippen LogP contribution >= 0.6 is 0 Å². The third-order valence-corrected chi connectivity index (χ3v) is 7.34. The number of aryl methyl sites for hydroxylation is 1. The molecule has 208 valence electrons. The first-order chi connectivity index (χ1) is 18.5. The number of fused-ring (bicyclic) bond motifs is 1. The van der Waals surface area contributed by atoms with Crippen molar-refractivity contribution in [1.29, 1.82) is 0 Å². The van der Waals surface area contributed by atoms with Crippen LogP contribution in [0.3, 0.4) is 0 Å². The number of pyridine rings is 1. The molecule has 8 nitrogen and oxygen atoms in total. The molecule has 0 bridgehead atoms. The van der Waals surface area contributed by atoms with E-state index in [-0.39, 0.29) is 23.9 Å². The largest absolute Gasteiger partial charge is 0.573 e. The Morgan fingerprint density at radius 1 is 1.10 bits per heavy atom. The van der Waals surface area contributed by atoms with Gasteiger partial charge < -0.3 is 14.5 Å². The number of alkyl halides is 3. The lowest BCUT2D eigenvalue weighted by Crippen LogP contribution is -2.59. The Hall–Kier alpha value is -3.72. The van der Waals surface area contributed by atoms with Crippen molar-refractivity contribution in [2.75, 3.05) is 18.0 Å². The summed E-state index contributed by atoms with van der Waals surface area (Å²) in [5.41, 5.74) is 0.896. The molecule has 1 saturated heterocycles. The molecule has 1 aliphatic heterocycles. The second-order valence-electron chi connectivity index (χ2n) is 9.55. The highest BCUT2D eigenvalue weighted by Crippen LogP contribution is 2.37. The first-order valence-electron chi connectivity index (χ1n) is 12.8. The van der Waals surface area contributed by atoms with E-state index < -0.39 is 23.6 Å². The molecule has 0 radical (unpaired) electrons. The highest BCUT2D eigenvalue weighted by molar-refractivity contribution is 5.87. The number of piperazine rings is 1. The molecular formula is C27H30F4N6O2. The monoisotopic (exact) mass is 546 g/mol. The van der Waals surface area contributed by atoms with Gasteiger partial charge in [-0.25, -0.2) is 9.18 Å². The number of aromatic nitrogens is 3. The molecule has 4 rings (SSSR count). The van der Waals surface area contributed by atoms with Crippen molar-refractivity contribution in [2.45, 2.75) is 64.5 Å². The highest BCUT2D eigenvalue weighted by atomic mass is 19.4. The fourth-order valence-electron chi connectivity index (χ4n) is 5.40. The van der Waals surface area contributed by atoms with Gasteiger partial charge in [-0.2, -0.15) is 4.98 Å². The van der Waals surface area contributed by atoms with Crippen molar-refractivity contribution in [1.82, 2.24) is 19.4 Å². The van der Waals surface area contributed by atoms with E-state index in [0.29, 0.717) is 54.8 Å². The van der Waals surface area contributed by atoms with Gasteiger partial charge in [-0.1, -0.05) is 33.4 Å². The van der Waals surface area contributed by atoms with Crippen LogP contribution in [0, 0.1) is 12.4 Å². The Bertz CT molecular complexity index is 1450. The predicted molar refractivity (Wildman–Crippen MR) is 139 cm³/mol. The number of rotatable bonds is 7. The summed E-state index contributed by atoms with van der Waals surface area (Å²) in [5, 5.41) is 0. The SMILES string of the molecule is [C-]#[N+]c1ccc2c(n1)c(N1C[C@@H](CC)N(C(CC)c3ccc(OC(F)(F)F)cc3F)C[C@@H]1CC)nc(=O)n2C. The van der Waals surface area contributed by atoms with E-state index in [9.17, 15) is 18.0 Å². The molecule has 0 spiro atoms. The van der Waals surface area contributed by atoms with Crippen molar-refractivity contribution in [2.24, 2.45) is 7.05 Å². The molecule has 12 heteroatoms. The summed E-state index contributed by atoms with van der Waals surface area (Å²) in [5.74, 6) is -0.750. The molecule has 0 N–H and O–H groups in total. The molecule has 0 amide bonds. The predicted octanol–water partition coefficient (Wildman–Crippen LogP) is 5.75. The van der Waals surface area contributed by atoms with E-state index in [1.165, 1.54) is 10.6 Å². The van der Waals surface area contributed by atoms with E-state index in [1.54, 1.807) is 19.2 Å². The maximum absolute atomic E-state index is 15.1. The average molecular weight is 547 g/mol. The maximum Gasteiger partial charge on any atom is 0.573 e. The molecule has 1 fully saturated rings. The van der Waals surface area contributed by atoms with Crippen LogP contribution in [-0.2, 0) is 7.05 Å². The minimum Gasteiger partial charge on any atom is -0.406 e. The summed E-state index contributed by atoms with van der Waals surface area (Å²) in [6.45, 7) is 14.3. The minimum absolute atomic E-state index is 0.0757. The van der Waals surface area contributed by atoms with E-state index in [1.807, 2.05) is 20.8 Å². The minimum atomic E-state index is -4.91. The van der Waals surface area contributed by atoms with Gasteiger partial charge in [0, 0.05) is 49.9 Å². The summed E-state index contributed by atoms with van der Waals surface area (Å²) in [6, 6.07) is 5.96. The highest BCUT2D eigenvalue weighted by Gasteiger charge is 2.39. The second kappa shape index (κ2) is 11.2. The summed E-state index contributed by atoms with van der Waals surface area (Å²) in [6.07, 6.45) is -2.99. The van der Waals surface area contributed by atoms with E-state index in [0.717, 1.165) is 12.1 Å². The van der Waals surface area contributed by atoms with Crippen LogP contribution in [0.2, 0.25) is 0 Å². The van der Waals surface area contributed by atoms with E-state index in [2.05, 4.69) is 29.3 Å². The number of nitrogens with zero attached hydrogens (tertiary/aromatic N) is 6. The molecule has 0 saturated carbocycles. The number of benzene rings is 1. The fraction of sp³-hybridized carbons (Fsp3) is 0.481. The van der Waals surface area contributed by atoms with Gasteiger partial charge in [-0.15, -0.1) is 18.2 Å². The second-order valence-corrected chi connectivity index (χ2v) is 9.55. The standard InChI is InChI=1S/C27H30F4N6O2/c1-6-16-15-37(25-24-22(35(5)26(38)34-25)11-12-23(32-4)33-24)17(7-2)14-36(16)21(8-3)19-10-9-18(13-20(19)28)39-27(29,30)31/h9-13,16-17,21H,6-8,14-15H2,1-3,5H3/t16-,17+,21?/m1/s1. The van der Waals surface area contributed by atoms with Crippen LogP contribution in [0.5, 0.6) is 5.75 Å². The topological polar surface area (TPSA) is 67.9 Å². The van der Waals surface area contributed by atoms with Crippen molar-refractivity contribution >= 4 is 22.7 Å². The van der Waals surface area contributed by atoms with E-state index >= 15 is 4.39 Å². The zero-order chi connectivity index (χ0) is 28.5. The Morgan fingerprint density at radius 2 is 1.82 bits per heavy atom. The first-order valence-corrected chi connectivity index (χ1v) is 12.8. The normalized spacial score (nSPS) is 19.2. The lowest BCUT2D eigenvalue weighted by Gasteiger charge is -2.49. The fourth-order valence-corrected chi connectivity index (χ4v) is 5.40.